The van der Waals surface area contributed by atoms with E-state index in [0.29, 0.717) is 0 Å². The highest BCUT2D eigenvalue weighted by Gasteiger charge is 2.19. The maximum Gasteiger partial charge on any atom is 0.339 e. The van der Waals surface area contributed by atoms with Crippen molar-refractivity contribution in [3.63, 3.8) is 0 Å². The first-order chi connectivity index (χ1) is 10.5. The summed E-state index contributed by atoms with van der Waals surface area (Å²) in [6, 6.07) is 6.39. The molecule has 6 nitrogen and oxygen atoms in total. The van der Waals surface area contributed by atoms with E-state index in [-0.39, 0.29) is 28.3 Å². The number of ether oxygens (including phenoxy) is 1. The standard InChI is InChI=1S/C16H15N3O3/c1-22-15-11(16(20)21)3-5-13(18)14(15)12(17)4-2-10-6-8-19-9-7-10/h2-9,17H,18H2,1H3,(H,20,21)/b4-2+,17-12?. The molecule has 0 radical (unpaired) electrons. The average Bonchev–Trinajstić information content (AvgIpc) is 2.52. The minimum atomic E-state index is -1.14. The van der Waals surface area contributed by atoms with Crippen molar-refractivity contribution >= 4 is 23.4 Å². The number of nitrogens with zero attached hydrogens (tertiary/aromatic N) is 1. The lowest BCUT2D eigenvalue weighted by Crippen LogP contribution is -2.09. The summed E-state index contributed by atoms with van der Waals surface area (Å²) in [6.45, 7) is 0. The van der Waals surface area contributed by atoms with Crippen LogP contribution < -0.4 is 10.5 Å². The number of carboxylic acid groups (broad SMARTS) is 1. The van der Waals surface area contributed by atoms with Crippen molar-refractivity contribution in [1.82, 2.24) is 4.98 Å². The van der Waals surface area contributed by atoms with Crippen LogP contribution >= 0.6 is 0 Å². The Morgan fingerprint density at radius 3 is 2.59 bits per heavy atom. The van der Waals surface area contributed by atoms with E-state index >= 15 is 0 Å². The normalized spacial score (nSPS) is 10.6. The van der Waals surface area contributed by atoms with Crippen molar-refractivity contribution in [2.75, 3.05) is 12.8 Å². The first kappa shape index (κ1) is 15.2. The second kappa shape index (κ2) is 6.53. The molecule has 2 aromatic rings. The summed E-state index contributed by atoms with van der Waals surface area (Å²) < 4.78 is 5.15. The van der Waals surface area contributed by atoms with Crippen LogP contribution in [0, 0.1) is 5.41 Å². The number of nitrogen functional groups attached to an aromatic ring is 1. The molecule has 6 heteroatoms. The van der Waals surface area contributed by atoms with E-state index in [1.54, 1.807) is 30.6 Å². The van der Waals surface area contributed by atoms with Crippen molar-refractivity contribution in [2.24, 2.45) is 0 Å². The SMILES string of the molecule is COc1c(C(=O)O)ccc(N)c1C(=N)/C=C/c1ccncc1. The maximum atomic E-state index is 11.2. The topological polar surface area (TPSA) is 109 Å². The van der Waals surface area contributed by atoms with Gasteiger partial charge in [0, 0.05) is 18.1 Å². The molecule has 1 aromatic carbocycles. The van der Waals surface area contributed by atoms with Crippen molar-refractivity contribution < 1.29 is 14.6 Å². The van der Waals surface area contributed by atoms with Gasteiger partial charge in [-0.2, -0.15) is 0 Å². The molecule has 0 bridgehead atoms. The van der Waals surface area contributed by atoms with Crippen LogP contribution in [-0.4, -0.2) is 28.9 Å². The zero-order valence-corrected chi connectivity index (χ0v) is 11.9. The van der Waals surface area contributed by atoms with Crippen LogP contribution in [-0.2, 0) is 0 Å². The summed E-state index contributed by atoms with van der Waals surface area (Å²) in [4.78, 5) is 15.1. The molecule has 22 heavy (non-hydrogen) atoms. The summed E-state index contributed by atoms with van der Waals surface area (Å²) >= 11 is 0. The van der Waals surface area contributed by atoms with Crippen LogP contribution in [0.15, 0.2) is 42.7 Å². The molecule has 112 valence electrons. The van der Waals surface area contributed by atoms with E-state index in [1.165, 1.54) is 25.3 Å². The average molecular weight is 297 g/mol. The predicted molar refractivity (Wildman–Crippen MR) is 84.5 cm³/mol. The number of carboxylic acids is 1. The van der Waals surface area contributed by atoms with Gasteiger partial charge in [0.05, 0.1) is 18.4 Å². The third-order valence-corrected chi connectivity index (χ3v) is 3.04. The number of carbonyl (C=O) groups is 1. The van der Waals surface area contributed by atoms with Gasteiger partial charge in [-0.05, 0) is 35.9 Å². The number of nitrogens with two attached hydrogens (primary N) is 1. The summed E-state index contributed by atoms with van der Waals surface area (Å²) in [6.07, 6.45) is 6.54. The molecule has 2 rings (SSSR count). The molecule has 1 heterocycles. The molecule has 0 aliphatic rings. The second-order valence-electron chi connectivity index (χ2n) is 4.44. The fourth-order valence-corrected chi connectivity index (χ4v) is 1.99. The number of hydrogen-bond acceptors (Lipinski definition) is 5. The maximum absolute atomic E-state index is 11.2. The zero-order chi connectivity index (χ0) is 16.1. The van der Waals surface area contributed by atoms with Gasteiger partial charge in [0.1, 0.15) is 11.3 Å². The van der Waals surface area contributed by atoms with Crippen molar-refractivity contribution in [3.8, 4) is 5.75 Å². The second-order valence-corrected chi connectivity index (χ2v) is 4.44. The predicted octanol–water partition coefficient (Wildman–Crippen LogP) is 2.45. The molecule has 0 unspecified atom stereocenters. The quantitative estimate of drug-likeness (QED) is 0.580. The Bertz CT molecular complexity index is 740. The van der Waals surface area contributed by atoms with E-state index < -0.39 is 5.97 Å². The number of aromatic nitrogens is 1. The molecule has 0 aliphatic carbocycles. The number of pyridine rings is 1. The highest BCUT2D eigenvalue weighted by molar-refractivity contribution is 6.15. The molecular weight excluding hydrogens is 282 g/mol. The van der Waals surface area contributed by atoms with Crippen LogP contribution in [0.1, 0.15) is 21.5 Å². The zero-order valence-electron chi connectivity index (χ0n) is 11.9. The van der Waals surface area contributed by atoms with E-state index in [0.717, 1.165) is 5.56 Å². The van der Waals surface area contributed by atoms with E-state index in [1.807, 2.05) is 0 Å². The van der Waals surface area contributed by atoms with E-state index in [9.17, 15) is 9.90 Å². The summed E-state index contributed by atoms with van der Waals surface area (Å²) in [5, 5.41) is 17.3. The number of allylic oxidation sites excluding steroid dienone is 1. The lowest BCUT2D eigenvalue weighted by atomic mass is 10.0. The number of rotatable bonds is 5. The van der Waals surface area contributed by atoms with Crippen LogP contribution in [0.4, 0.5) is 5.69 Å². The first-order valence-corrected chi connectivity index (χ1v) is 6.41. The largest absolute Gasteiger partial charge is 0.495 e. The fourth-order valence-electron chi connectivity index (χ4n) is 1.99. The molecule has 4 N–H and O–H groups in total. The van der Waals surface area contributed by atoms with Gasteiger partial charge >= 0.3 is 5.97 Å². The number of anilines is 1. The Kier molecular flexibility index (Phi) is 4.53. The molecule has 0 amide bonds. The Balaban J connectivity index is 2.43. The Labute approximate surface area is 127 Å². The van der Waals surface area contributed by atoms with Crippen LogP contribution in [0.25, 0.3) is 6.08 Å². The Morgan fingerprint density at radius 1 is 1.32 bits per heavy atom. The monoisotopic (exact) mass is 297 g/mol. The Hall–Kier alpha value is -3.15. The van der Waals surface area contributed by atoms with Gasteiger partial charge in [-0.3, -0.25) is 4.98 Å². The molecule has 1 aromatic heterocycles. The molecule has 0 spiro atoms. The fraction of sp³-hybridized carbons (Fsp3) is 0.0625. The molecule has 0 atom stereocenters. The number of nitrogens with one attached hydrogen (secondary N) is 1. The van der Waals surface area contributed by atoms with Gasteiger partial charge in [0.25, 0.3) is 0 Å². The Morgan fingerprint density at radius 2 is 2.00 bits per heavy atom. The molecular formula is C16H15N3O3. The van der Waals surface area contributed by atoms with Crippen LogP contribution in [0.5, 0.6) is 5.75 Å². The van der Waals surface area contributed by atoms with Gasteiger partial charge in [0.15, 0.2) is 0 Å². The third kappa shape index (κ3) is 3.12. The highest BCUT2D eigenvalue weighted by Crippen LogP contribution is 2.30. The highest BCUT2D eigenvalue weighted by atomic mass is 16.5. The summed E-state index contributed by atoms with van der Waals surface area (Å²) in [7, 11) is 1.35. The smallest absolute Gasteiger partial charge is 0.339 e. The van der Waals surface area contributed by atoms with Crippen molar-refractivity contribution in [3.05, 3.63) is 59.4 Å². The number of benzene rings is 1. The van der Waals surface area contributed by atoms with Crippen molar-refractivity contribution in [1.29, 1.82) is 5.41 Å². The van der Waals surface area contributed by atoms with Gasteiger partial charge in [0.2, 0.25) is 0 Å². The molecule has 0 aliphatic heterocycles. The lowest BCUT2D eigenvalue weighted by molar-refractivity contribution is 0.0693. The minimum absolute atomic E-state index is 0.0336. The van der Waals surface area contributed by atoms with E-state index in [2.05, 4.69) is 4.98 Å². The lowest BCUT2D eigenvalue weighted by Gasteiger charge is -2.13. The summed E-state index contributed by atoms with van der Waals surface area (Å²) in [5.74, 6) is -1.05. The van der Waals surface area contributed by atoms with E-state index in [4.69, 9.17) is 15.9 Å². The third-order valence-electron chi connectivity index (χ3n) is 3.04. The molecule has 0 fully saturated rings. The van der Waals surface area contributed by atoms with Gasteiger partial charge in [-0.1, -0.05) is 6.08 Å². The molecule has 0 saturated heterocycles. The number of methoxy groups -OCH3 is 1. The first-order valence-electron chi connectivity index (χ1n) is 6.41. The summed E-state index contributed by atoms with van der Waals surface area (Å²) in [5.41, 5.74) is 7.32. The number of aromatic carboxylic acids is 1. The van der Waals surface area contributed by atoms with Gasteiger partial charge < -0.3 is 21.0 Å². The van der Waals surface area contributed by atoms with Crippen molar-refractivity contribution in [2.45, 2.75) is 0 Å². The molecule has 0 saturated carbocycles. The van der Waals surface area contributed by atoms with Crippen LogP contribution in [0.2, 0.25) is 0 Å². The van der Waals surface area contributed by atoms with Crippen LogP contribution in [0.3, 0.4) is 0 Å². The van der Waals surface area contributed by atoms with Gasteiger partial charge in [-0.25, -0.2) is 4.79 Å². The number of hydrogen-bond donors (Lipinski definition) is 3. The minimum Gasteiger partial charge on any atom is -0.495 e. The van der Waals surface area contributed by atoms with Gasteiger partial charge in [-0.15, -0.1) is 0 Å².